The van der Waals surface area contributed by atoms with Gasteiger partial charge in [0.2, 0.25) is 5.91 Å². The Morgan fingerprint density at radius 3 is 2.32 bits per heavy atom. The van der Waals surface area contributed by atoms with Gasteiger partial charge >= 0.3 is 0 Å². The van der Waals surface area contributed by atoms with Gasteiger partial charge in [-0.15, -0.1) is 0 Å². The minimum atomic E-state index is -0.265. The lowest BCUT2D eigenvalue weighted by atomic mass is 10.1. The van der Waals surface area contributed by atoms with E-state index in [1.807, 2.05) is 25.1 Å². The molecule has 0 spiro atoms. The van der Waals surface area contributed by atoms with Crippen molar-refractivity contribution in [1.82, 2.24) is 10.2 Å². The molecule has 1 unspecified atom stereocenters. The highest BCUT2D eigenvalue weighted by Crippen LogP contribution is 2.16. The largest absolute Gasteiger partial charge is 0.369 e. The van der Waals surface area contributed by atoms with Gasteiger partial charge in [0.05, 0.1) is 12.6 Å². The molecular formula is C20H24FN3O. The molecule has 1 atom stereocenters. The number of rotatable bonds is 5. The topological polar surface area (TPSA) is 35.6 Å². The zero-order valence-electron chi connectivity index (χ0n) is 14.5. The number of hydrogen-bond donors (Lipinski definition) is 1. The maximum Gasteiger partial charge on any atom is 0.234 e. The fourth-order valence-electron chi connectivity index (χ4n) is 3.13. The van der Waals surface area contributed by atoms with Gasteiger partial charge in [0.15, 0.2) is 0 Å². The van der Waals surface area contributed by atoms with Crippen LogP contribution >= 0.6 is 0 Å². The number of carbonyl (C=O) groups is 1. The Hall–Kier alpha value is -2.40. The van der Waals surface area contributed by atoms with Crippen molar-refractivity contribution in [2.45, 2.75) is 13.0 Å². The third-order valence-electron chi connectivity index (χ3n) is 4.61. The number of nitrogens with zero attached hydrogens (tertiary/aromatic N) is 2. The van der Waals surface area contributed by atoms with Gasteiger partial charge in [-0.2, -0.15) is 0 Å². The molecule has 132 valence electrons. The monoisotopic (exact) mass is 341 g/mol. The first kappa shape index (κ1) is 17.4. The molecule has 0 saturated carbocycles. The lowest BCUT2D eigenvalue weighted by molar-refractivity contribution is -0.123. The van der Waals surface area contributed by atoms with Gasteiger partial charge in [0.1, 0.15) is 5.82 Å². The normalized spacial score (nSPS) is 16.5. The van der Waals surface area contributed by atoms with Crippen molar-refractivity contribution >= 4 is 11.6 Å². The second kappa shape index (κ2) is 8.12. The average Bonchev–Trinajstić information content (AvgIpc) is 2.63. The molecule has 5 heteroatoms. The Morgan fingerprint density at radius 1 is 1.04 bits per heavy atom. The van der Waals surface area contributed by atoms with Crippen LogP contribution in [0, 0.1) is 5.82 Å². The van der Waals surface area contributed by atoms with E-state index in [0.717, 1.165) is 31.7 Å². The predicted octanol–water partition coefficient (Wildman–Crippen LogP) is 2.83. The van der Waals surface area contributed by atoms with Crippen LogP contribution in [-0.4, -0.2) is 43.5 Å². The fourth-order valence-corrected chi connectivity index (χ4v) is 3.13. The molecule has 4 nitrogen and oxygen atoms in total. The summed E-state index contributed by atoms with van der Waals surface area (Å²) in [4.78, 5) is 16.8. The molecule has 2 aromatic carbocycles. The van der Waals surface area contributed by atoms with E-state index in [2.05, 4.69) is 27.2 Å². The Balaban J connectivity index is 1.45. The van der Waals surface area contributed by atoms with Crippen LogP contribution in [0.1, 0.15) is 18.5 Å². The number of carbonyl (C=O) groups excluding carboxylic acids is 1. The number of amides is 1. The molecule has 1 saturated heterocycles. The third kappa shape index (κ3) is 4.79. The van der Waals surface area contributed by atoms with Crippen molar-refractivity contribution in [3.8, 4) is 0 Å². The molecule has 3 rings (SSSR count). The number of para-hydroxylation sites is 1. The highest BCUT2D eigenvalue weighted by Gasteiger charge is 2.20. The summed E-state index contributed by atoms with van der Waals surface area (Å²) in [6.07, 6.45) is 0. The lowest BCUT2D eigenvalue weighted by Gasteiger charge is -2.35. The Kier molecular flexibility index (Phi) is 5.66. The molecule has 1 aliphatic rings. The Bertz CT molecular complexity index is 682. The van der Waals surface area contributed by atoms with E-state index in [4.69, 9.17) is 0 Å². The number of anilines is 1. The number of halogens is 1. The molecule has 0 aliphatic carbocycles. The van der Waals surface area contributed by atoms with Crippen LogP contribution in [0.3, 0.4) is 0 Å². The van der Waals surface area contributed by atoms with Crippen LogP contribution in [0.4, 0.5) is 10.1 Å². The number of hydrogen-bond acceptors (Lipinski definition) is 3. The van der Waals surface area contributed by atoms with Crippen molar-refractivity contribution in [1.29, 1.82) is 0 Å². The molecule has 1 amide bonds. The van der Waals surface area contributed by atoms with E-state index in [-0.39, 0.29) is 17.8 Å². The number of nitrogens with one attached hydrogen (secondary N) is 1. The molecule has 25 heavy (non-hydrogen) atoms. The molecule has 1 aliphatic heterocycles. The van der Waals surface area contributed by atoms with Crippen molar-refractivity contribution in [2.24, 2.45) is 0 Å². The van der Waals surface area contributed by atoms with Gasteiger partial charge in [0.25, 0.3) is 0 Å². The zero-order chi connectivity index (χ0) is 17.6. The summed E-state index contributed by atoms with van der Waals surface area (Å²) in [7, 11) is 0. The summed E-state index contributed by atoms with van der Waals surface area (Å²) in [5, 5.41) is 2.99. The molecule has 1 N–H and O–H groups in total. The molecule has 0 radical (unpaired) electrons. The first-order valence-electron chi connectivity index (χ1n) is 8.69. The van der Waals surface area contributed by atoms with Gasteiger partial charge in [-0.1, -0.05) is 30.3 Å². The van der Waals surface area contributed by atoms with Crippen LogP contribution in [0.2, 0.25) is 0 Å². The predicted molar refractivity (Wildman–Crippen MR) is 98.1 cm³/mol. The van der Waals surface area contributed by atoms with E-state index < -0.39 is 0 Å². The third-order valence-corrected chi connectivity index (χ3v) is 4.61. The average molecular weight is 341 g/mol. The van der Waals surface area contributed by atoms with Crippen LogP contribution in [-0.2, 0) is 4.79 Å². The Morgan fingerprint density at radius 2 is 1.68 bits per heavy atom. The molecule has 1 heterocycles. The first-order valence-corrected chi connectivity index (χ1v) is 8.69. The second-order valence-corrected chi connectivity index (χ2v) is 6.44. The van der Waals surface area contributed by atoms with Gasteiger partial charge in [-0.25, -0.2) is 4.39 Å². The summed E-state index contributed by atoms with van der Waals surface area (Å²) in [5.41, 5.74) is 2.14. The standard InChI is InChI=1S/C20H24FN3O/c1-16(17-7-9-18(21)10-8-17)22-20(25)15-23-11-13-24(14-12-23)19-5-3-2-4-6-19/h2-10,16H,11-15H2,1H3,(H,22,25). The second-order valence-electron chi connectivity index (χ2n) is 6.44. The molecule has 2 aromatic rings. The maximum absolute atomic E-state index is 13.0. The van der Waals surface area contributed by atoms with E-state index in [1.54, 1.807) is 12.1 Å². The van der Waals surface area contributed by atoms with Crippen LogP contribution in [0.15, 0.2) is 54.6 Å². The SMILES string of the molecule is CC(NC(=O)CN1CCN(c2ccccc2)CC1)c1ccc(F)cc1. The fraction of sp³-hybridized carbons (Fsp3) is 0.350. The summed E-state index contributed by atoms with van der Waals surface area (Å²) >= 11 is 0. The van der Waals surface area contributed by atoms with Crippen molar-refractivity contribution in [2.75, 3.05) is 37.6 Å². The minimum Gasteiger partial charge on any atom is -0.369 e. The smallest absolute Gasteiger partial charge is 0.234 e. The summed E-state index contributed by atoms with van der Waals surface area (Å²) in [5.74, 6) is -0.261. The molecule has 0 bridgehead atoms. The summed E-state index contributed by atoms with van der Waals surface area (Å²) in [6.45, 7) is 5.89. The van der Waals surface area contributed by atoms with Gasteiger partial charge in [-0.3, -0.25) is 9.69 Å². The molecular weight excluding hydrogens is 317 g/mol. The highest BCUT2D eigenvalue weighted by molar-refractivity contribution is 5.78. The zero-order valence-corrected chi connectivity index (χ0v) is 14.5. The van der Waals surface area contributed by atoms with E-state index in [0.29, 0.717) is 6.54 Å². The molecule has 1 fully saturated rings. The first-order chi connectivity index (χ1) is 12.1. The Labute approximate surface area is 148 Å². The highest BCUT2D eigenvalue weighted by atomic mass is 19.1. The summed E-state index contributed by atoms with van der Waals surface area (Å²) in [6, 6.07) is 16.5. The van der Waals surface area contributed by atoms with Crippen LogP contribution in [0.5, 0.6) is 0 Å². The van der Waals surface area contributed by atoms with E-state index >= 15 is 0 Å². The van der Waals surface area contributed by atoms with E-state index in [1.165, 1.54) is 17.8 Å². The van der Waals surface area contributed by atoms with Gasteiger partial charge < -0.3 is 10.2 Å². The lowest BCUT2D eigenvalue weighted by Crippen LogP contribution is -2.49. The van der Waals surface area contributed by atoms with Crippen LogP contribution < -0.4 is 10.2 Å². The van der Waals surface area contributed by atoms with Crippen molar-refractivity contribution in [3.05, 3.63) is 66.0 Å². The minimum absolute atomic E-state index is 0.00462. The van der Waals surface area contributed by atoms with Gasteiger partial charge in [-0.05, 0) is 36.8 Å². The molecule has 0 aromatic heterocycles. The van der Waals surface area contributed by atoms with Gasteiger partial charge in [0, 0.05) is 31.9 Å². The number of benzene rings is 2. The van der Waals surface area contributed by atoms with Crippen molar-refractivity contribution in [3.63, 3.8) is 0 Å². The van der Waals surface area contributed by atoms with Crippen LogP contribution in [0.25, 0.3) is 0 Å². The van der Waals surface area contributed by atoms with Crippen molar-refractivity contribution < 1.29 is 9.18 Å². The maximum atomic E-state index is 13.0. The summed E-state index contributed by atoms with van der Waals surface area (Å²) < 4.78 is 13.0. The quantitative estimate of drug-likeness (QED) is 0.908. The number of piperazine rings is 1. The van der Waals surface area contributed by atoms with E-state index in [9.17, 15) is 9.18 Å².